The van der Waals surface area contributed by atoms with Gasteiger partial charge in [0.2, 0.25) is 5.91 Å². The molecule has 1 aliphatic rings. The van der Waals surface area contributed by atoms with E-state index in [0.717, 1.165) is 19.6 Å². The molecule has 0 atom stereocenters. The summed E-state index contributed by atoms with van der Waals surface area (Å²) in [7, 11) is -3.50. The number of rotatable bonds is 8. The number of carbonyl (C=O) groups excluding carboxylic acids is 1. The average molecular weight is 342 g/mol. The van der Waals surface area contributed by atoms with E-state index in [9.17, 15) is 17.6 Å². The van der Waals surface area contributed by atoms with Gasteiger partial charge in [-0.1, -0.05) is 18.2 Å². The number of benzene rings is 1. The van der Waals surface area contributed by atoms with E-state index < -0.39 is 15.7 Å². The highest BCUT2D eigenvalue weighted by atomic mass is 32.2. The van der Waals surface area contributed by atoms with Crippen molar-refractivity contribution >= 4 is 15.7 Å². The van der Waals surface area contributed by atoms with Crippen LogP contribution in [0.3, 0.4) is 0 Å². The second-order valence-corrected chi connectivity index (χ2v) is 8.02. The van der Waals surface area contributed by atoms with Crippen LogP contribution in [0, 0.1) is 5.82 Å². The lowest BCUT2D eigenvalue weighted by Crippen LogP contribution is -2.34. The van der Waals surface area contributed by atoms with Crippen LogP contribution in [0.4, 0.5) is 4.39 Å². The number of hydrogen-bond acceptors (Lipinski definition) is 4. The quantitative estimate of drug-likeness (QED) is 0.774. The van der Waals surface area contributed by atoms with Crippen LogP contribution in [0.2, 0.25) is 0 Å². The standard InChI is InChI=1S/C16H23FN2O3S/c17-15-6-2-1-5-14(15)13-23(21,22)12-7-16(20)18-8-11-19-9-3-4-10-19/h1-2,5-6H,3-4,7-13H2,(H,18,20). The molecule has 128 valence electrons. The SMILES string of the molecule is O=C(CCS(=O)(=O)Cc1ccccc1F)NCCN1CCCC1. The minimum atomic E-state index is -3.50. The van der Waals surface area contributed by atoms with Crippen LogP contribution in [0.5, 0.6) is 0 Å². The zero-order chi connectivity index (χ0) is 16.7. The van der Waals surface area contributed by atoms with Gasteiger partial charge in [0.15, 0.2) is 9.84 Å². The summed E-state index contributed by atoms with van der Waals surface area (Å²) < 4.78 is 37.5. The molecule has 5 nitrogen and oxygen atoms in total. The van der Waals surface area contributed by atoms with E-state index in [1.807, 2.05) is 0 Å². The summed E-state index contributed by atoms with van der Waals surface area (Å²) in [6.07, 6.45) is 2.31. The Morgan fingerprint density at radius 2 is 1.91 bits per heavy atom. The Bertz CT molecular complexity index is 628. The van der Waals surface area contributed by atoms with Crippen molar-refractivity contribution in [3.63, 3.8) is 0 Å². The minimum absolute atomic E-state index is 0.0865. The molecule has 0 radical (unpaired) electrons. The van der Waals surface area contributed by atoms with E-state index in [-0.39, 0.29) is 29.4 Å². The van der Waals surface area contributed by atoms with E-state index in [0.29, 0.717) is 6.54 Å². The van der Waals surface area contributed by atoms with Crippen molar-refractivity contribution in [2.45, 2.75) is 25.0 Å². The van der Waals surface area contributed by atoms with Crippen molar-refractivity contribution < 1.29 is 17.6 Å². The summed E-state index contributed by atoms with van der Waals surface area (Å²) in [5.74, 6) is -1.45. The molecular weight excluding hydrogens is 319 g/mol. The van der Waals surface area contributed by atoms with Crippen LogP contribution in [0.25, 0.3) is 0 Å². The van der Waals surface area contributed by atoms with Crippen LogP contribution in [-0.4, -0.2) is 51.2 Å². The maximum Gasteiger partial charge on any atom is 0.221 e. The van der Waals surface area contributed by atoms with Crippen molar-refractivity contribution in [3.05, 3.63) is 35.6 Å². The summed E-state index contributed by atoms with van der Waals surface area (Å²) >= 11 is 0. The maximum absolute atomic E-state index is 13.5. The highest BCUT2D eigenvalue weighted by Gasteiger charge is 2.17. The molecule has 0 spiro atoms. The monoisotopic (exact) mass is 342 g/mol. The van der Waals surface area contributed by atoms with Crippen LogP contribution in [0.15, 0.2) is 24.3 Å². The molecule has 1 fully saturated rings. The molecule has 1 aromatic rings. The molecular formula is C16H23FN2O3S. The Balaban J connectivity index is 1.71. The molecule has 0 aliphatic carbocycles. The first-order valence-corrected chi connectivity index (χ1v) is 9.71. The first kappa shape index (κ1) is 17.9. The molecule has 0 aromatic heterocycles. The molecule has 1 N–H and O–H groups in total. The van der Waals surface area contributed by atoms with Gasteiger partial charge >= 0.3 is 0 Å². The summed E-state index contributed by atoms with van der Waals surface area (Å²) in [6.45, 7) is 3.46. The van der Waals surface area contributed by atoms with Gasteiger partial charge in [0, 0.05) is 25.1 Å². The van der Waals surface area contributed by atoms with Gasteiger partial charge in [-0.15, -0.1) is 0 Å². The van der Waals surface area contributed by atoms with Crippen molar-refractivity contribution in [1.82, 2.24) is 10.2 Å². The first-order chi connectivity index (χ1) is 11.0. The van der Waals surface area contributed by atoms with Crippen molar-refractivity contribution in [2.75, 3.05) is 31.9 Å². The number of halogens is 1. The Morgan fingerprint density at radius 1 is 1.22 bits per heavy atom. The van der Waals surface area contributed by atoms with Gasteiger partial charge in [-0.05, 0) is 32.0 Å². The van der Waals surface area contributed by atoms with Gasteiger partial charge in [0.1, 0.15) is 5.82 Å². The number of likely N-dealkylation sites (tertiary alicyclic amines) is 1. The smallest absolute Gasteiger partial charge is 0.221 e. The predicted octanol–water partition coefficient (Wildman–Crippen LogP) is 1.34. The number of amides is 1. The summed E-state index contributed by atoms with van der Waals surface area (Å²) in [6, 6.07) is 5.79. The molecule has 0 unspecified atom stereocenters. The second kappa shape index (κ2) is 8.40. The van der Waals surface area contributed by atoms with Crippen LogP contribution in [0.1, 0.15) is 24.8 Å². The van der Waals surface area contributed by atoms with Crippen molar-refractivity contribution in [1.29, 1.82) is 0 Å². The first-order valence-electron chi connectivity index (χ1n) is 7.89. The molecule has 2 rings (SSSR count). The van der Waals surface area contributed by atoms with Crippen LogP contribution >= 0.6 is 0 Å². The third-order valence-electron chi connectivity index (χ3n) is 3.92. The van der Waals surface area contributed by atoms with E-state index in [2.05, 4.69) is 10.2 Å². The Hall–Kier alpha value is -1.47. The highest BCUT2D eigenvalue weighted by Crippen LogP contribution is 2.12. The molecule has 1 saturated heterocycles. The fourth-order valence-corrected chi connectivity index (χ4v) is 3.97. The van der Waals surface area contributed by atoms with E-state index in [1.54, 1.807) is 6.07 Å². The van der Waals surface area contributed by atoms with Gasteiger partial charge in [-0.2, -0.15) is 0 Å². The van der Waals surface area contributed by atoms with E-state index >= 15 is 0 Å². The molecule has 0 saturated carbocycles. The van der Waals surface area contributed by atoms with E-state index in [4.69, 9.17) is 0 Å². The molecule has 23 heavy (non-hydrogen) atoms. The third kappa shape index (κ3) is 6.27. The molecule has 1 aromatic carbocycles. The summed E-state index contributed by atoms with van der Waals surface area (Å²) in [4.78, 5) is 14.0. The van der Waals surface area contributed by atoms with Crippen LogP contribution < -0.4 is 5.32 Å². The fourth-order valence-electron chi connectivity index (χ4n) is 2.62. The van der Waals surface area contributed by atoms with Gasteiger partial charge in [-0.25, -0.2) is 12.8 Å². The van der Waals surface area contributed by atoms with Crippen LogP contribution in [-0.2, 0) is 20.4 Å². The number of nitrogens with one attached hydrogen (secondary N) is 1. The minimum Gasteiger partial charge on any atom is -0.355 e. The zero-order valence-corrected chi connectivity index (χ0v) is 13.9. The Morgan fingerprint density at radius 3 is 2.61 bits per heavy atom. The second-order valence-electron chi connectivity index (χ2n) is 5.83. The van der Waals surface area contributed by atoms with Gasteiger partial charge in [0.25, 0.3) is 0 Å². The molecule has 0 bridgehead atoms. The molecule has 1 amide bonds. The zero-order valence-electron chi connectivity index (χ0n) is 13.1. The summed E-state index contributed by atoms with van der Waals surface area (Å²) in [5, 5.41) is 2.74. The molecule has 1 aliphatic heterocycles. The summed E-state index contributed by atoms with van der Waals surface area (Å²) in [5.41, 5.74) is 0.141. The van der Waals surface area contributed by atoms with Gasteiger partial charge in [0.05, 0.1) is 11.5 Å². The fraction of sp³-hybridized carbons (Fsp3) is 0.562. The molecule has 1 heterocycles. The third-order valence-corrected chi connectivity index (χ3v) is 5.50. The van der Waals surface area contributed by atoms with Crippen molar-refractivity contribution in [2.24, 2.45) is 0 Å². The lowest BCUT2D eigenvalue weighted by Gasteiger charge is -2.14. The molecule has 7 heteroatoms. The maximum atomic E-state index is 13.5. The number of nitrogens with zero attached hydrogens (tertiary/aromatic N) is 1. The average Bonchev–Trinajstić information content (AvgIpc) is 3.01. The number of carbonyl (C=O) groups is 1. The number of sulfone groups is 1. The lowest BCUT2D eigenvalue weighted by atomic mass is 10.2. The van der Waals surface area contributed by atoms with Crippen molar-refractivity contribution in [3.8, 4) is 0 Å². The highest BCUT2D eigenvalue weighted by molar-refractivity contribution is 7.90. The lowest BCUT2D eigenvalue weighted by molar-refractivity contribution is -0.120. The van der Waals surface area contributed by atoms with E-state index in [1.165, 1.54) is 31.0 Å². The number of hydrogen-bond donors (Lipinski definition) is 1. The normalized spacial score (nSPS) is 15.7. The Kier molecular flexibility index (Phi) is 6.53. The predicted molar refractivity (Wildman–Crippen MR) is 87.2 cm³/mol. The van der Waals surface area contributed by atoms with Gasteiger partial charge < -0.3 is 10.2 Å². The topological polar surface area (TPSA) is 66.5 Å². The van der Waals surface area contributed by atoms with Gasteiger partial charge in [-0.3, -0.25) is 4.79 Å². The largest absolute Gasteiger partial charge is 0.355 e. The Labute approximate surface area is 136 Å².